The van der Waals surface area contributed by atoms with E-state index in [1.165, 1.54) is 7.11 Å². The van der Waals surface area contributed by atoms with Crippen molar-refractivity contribution in [2.24, 2.45) is 58.5 Å². The van der Waals surface area contributed by atoms with E-state index >= 15 is 0 Å². The van der Waals surface area contributed by atoms with E-state index < -0.39 is 35.7 Å². The lowest BCUT2D eigenvalue weighted by Gasteiger charge is -2.63. The molecule has 3 aromatic carbocycles. The van der Waals surface area contributed by atoms with Crippen molar-refractivity contribution in [3.8, 4) is 23.3 Å². The van der Waals surface area contributed by atoms with Gasteiger partial charge in [-0.1, -0.05) is 67.3 Å². The van der Waals surface area contributed by atoms with Crippen molar-refractivity contribution in [2.75, 3.05) is 33.3 Å². The summed E-state index contributed by atoms with van der Waals surface area (Å²) in [4.78, 5) is 27.5. The number of hydrogen-bond acceptors (Lipinski definition) is 12. The number of aliphatic hydroxyl groups excluding tert-OH is 4. The number of ether oxygens (including phenoxy) is 1. The van der Waals surface area contributed by atoms with Crippen molar-refractivity contribution < 1.29 is 39.9 Å². The first kappa shape index (κ1) is 47.9. The number of nitrogens with two attached hydrogens (primary N) is 1. The zero-order valence-electron chi connectivity index (χ0n) is 40.2. The fraction of sp³-hybridized carbons (Fsp3) is 0.579. The highest BCUT2D eigenvalue weighted by Gasteiger charge is 2.61. The van der Waals surface area contributed by atoms with Crippen LogP contribution in [0, 0.1) is 64.6 Å². The van der Waals surface area contributed by atoms with Crippen LogP contribution in [0.4, 0.5) is 0 Å². The van der Waals surface area contributed by atoms with Gasteiger partial charge in [0.25, 0.3) is 0 Å². The van der Waals surface area contributed by atoms with E-state index in [-0.39, 0.29) is 78.1 Å². The molecule has 5 fully saturated rings. The molecule has 10 rings (SSSR count). The van der Waals surface area contributed by atoms with Gasteiger partial charge < -0.3 is 52.0 Å². The fourth-order valence-electron chi connectivity index (χ4n) is 15.0. The zero-order chi connectivity index (χ0) is 48.1. The van der Waals surface area contributed by atoms with Crippen LogP contribution < -0.4 is 26.4 Å². The molecular formula is C57H72N4O8. The number of carbonyl (C=O) groups is 2. The summed E-state index contributed by atoms with van der Waals surface area (Å²) in [5.41, 5.74) is 8.28. The van der Waals surface area contributed by atoms with Gasteiger partial charge in [0.05, 0.1) is 37.3 Å². The van der Waals surface area contributed by atoms with Crippen LogP contribution in [-0.4, -0.2) is 101 Å². The van der Waals surface area contributed by atoms with Crippen molar-refractivity contribution in [2.45, 2.75) is 120 Å². The van der Waals surface area contributed by atoms with E-state index in [9.17, 15) is 35.1 Å². The molecule has 2 heterocycles. The number of carbonyl (C=O) groups excluding carboxylic acids is 2. The molecule has 4 saturated carbocycles. The molecular weight excluding hydrogens is 869 g/mol. The average Bonchev–Trinajstić information content (AvgIpc) is 3.39. The number of aryl methyl sites for hydroxylation is 1. The lowest BCUT2D eigenvalue weighted by molar-refractivity contribution is -0.166. The highest BCUT2D eigenvalue weighted by atomic mass is 16.5. The third-order valence-corrected chi connectivity index (χ3v) is 18.2. The number of aromatic hydroxyl groups is 1. The molecule has 7 aliphatic rings. The van der Waals surface area contributed by atoms with Crippen molar-refractivity contribution >= 4 is 22.3 Å². The number of aliphatic hydroxyl groups is 4. The Hall–Kier alpha value is -4.74. The van der Waals surface area contributed by atoms with E-state index in [1.807, 2.05) is 18.2 Å². The van der Waals surface area contributed by atoms with Gasteiger partial charge in [-0.2, -0.15) is 0 Å². The summed E-state index contributed by atoms with van der Waals surface area (Å²) >= 11 is 0. The number of methoxy groups -OCH3 is 1. The highest BCUT2D eigenvalue weighted by Crippen LogP contribution is 2.60. The van der Waals surface area contributed by atoms with Crippen LogP contribution in [0.25, 0.3) is 10.8 Å². The van der Waals surface area contributed by atoms with Gasteiger partial charge in [0.1, 0.15) is 11.2 Å². The molecule has 1 spiro atoms. The quantitative estimate of drug-likeness (QED) is 0.106. The summed E-state index contributed by atoms with van der Waals surface area (Å²) in [5.74, 6) is 8.72. The Morgan fingerprint density at radius 1 is 0.942 bits per heavy atom. The number of ketones is 2. The minimum atomic E-state index is -1.33. The molecule has 2 aliphatic heterocycles. The van der Waals surface area contributed by atoms with E-state index in [2.05, 4.69) is 71.1 Å². The Bertz CT molecular complexity index is 2550. The molecule has 0 bridgehead atoms. The molecule has 1 saturated heterocycles. The van der Waals surface area contributed by atoms with Crippen LogP contribution in [0.15, 0.2) is 78.1 Å². The average molecular weight is 941 g/mol. The molecule has 5 aliphatic carbocycles. The largest absolute Gasteiger partial charge is 0.504 e. The van der Waals surface area contributed by atoms with Gasteiger partial charge in [-0.3, -0.25) is 9.59 Å². The zero-order valence-corrected chi connectivity index (χ0v) is 40.2. The first-order valence-corrected chi connectivity index (χ1v) is 25.9. The van der Waals surface area contributed by atoms with Gasteiger partial charge in [0.2, 0.25) is 0 Å². The standard InChI is InChI=1S/C57H72N4O8/c1-3-59-30-44-43(20-39-29-61-45-26-40(62)19-38-22-49(66)56(44)55(39)54(38)45)36-13-16-57(52(68)24-36)15-12-35(42-28-48(65)50(69-2)23-34(42)10-11-51(57)67)21-46(63)47(64)27-41(37-14-17-60-53(58)25-37)33-9-8-31-6-4-5-7-32(31)18-33/h4-9,14,18,23,25,28,35-36,38-39,41,43-47,49,52,54-56,59-61,63-66,68H,3,10-11,13,16-17,19-22,24,26-27,29-30,58H2,1-2H3. The second-order valence-electron chi connectivity index (χ2n) is 21.8. The SMILES string of the molecule is CCNCC1C(C2CCC3(C#CC(CC(O)C(O)CC(C4=CCNC(N)=C4)c4ccc5ccccc5c4)c4cc(O)c(OC)cc4CCC3=O)C(O)C2)CC2CNC3CC(=O)CC4CC(O)C1C2C43. The molecule has 0 radical (unpaired) electrons. The molecule has 0 aromatic heterocycles. The van der Waals surface area contributed by atoms with Crippen LogP contribution in [0.2, 0.25) is 0 Å². The molecule has 12 nitrogen and oxygen atoms in total. The van der Waals surface area contributed by atoms with Gasteiger partial charge in [-0.25, -0.2) is 0 Å². The Morgan fingerprint density at radius 2 is 1.77 bits per heavy atom. The van der Waals surface area contributed by atoms with Crippen LogP contribution in [-0.2, 0) is 16.0 Å². The van der Waals surface area contributed by atoms with Gasteiger partial charge in [-0.05, 0) is 170 Å². The van der Waals surface area contributed by atoms with E-state index in [1.54, 1.807) is 12.1 Å². The normalized spacial score (nSPS) is 35.3. The molecule has 368 valence electrons. The number of nitrogens with one attached hydrogen (secondary N) is 3. The van der Waals surface area contributed by atoms with Crippen molar-refractivity contribution in [3.05, 3.63) is 94.8 Å². The second kappa shape index (κ2) is 19.8. The van der Waals surface area contributed by atoms with Gasteiger partial charge >= 0.3 is 0 Å². The lowest BCUT2D eigenvalue weighted by Crippen LogP contribution is -2.66. The number of dihydropyridines is 1. The molecule has 69 heavy (non-hydrogen) atoms. The number of Topliss-reactive ketones (excluding diaryl/α,β-unsaturated/α-hetero) is 2. The number of hydrogen-bond donors (Lipinski definition) is 9. The topological polar surface area (TPSA) is 207 Å². The predicted octanol–water partition coefficient (Wildman–Crippen LogP) is 5.35. The van der Waals surface area contributed by atoms with Crippen LogP contribution in [0.1, 0.15) is 99.7 Å². The van der Waals surface area contributed by atoms with Crippen molar-refractivity contribution in [1.29, 1.82) is 0 Å². The van der Waals surface area contributed by atoms with Crippen LogP contribution >= 0.6 is 0 Å². The lowest BCUT2D eigenvalue weighted by atomic mass is 9.45. The van der Waals surface area contributed by atoms with E-state index in [0.717, 1.165) is 53.5 Å². The third kappa shape index (κ3) is 9.13. The maximum atomic E-state index is 14.7. The molecule has 16 unspecified atom stereocenters. The number of piperidine rings is 1. The molecule has 10 N–H and O–H groups in total. The Balaban J connectivity index is 0.928. The first-order chi connectivity index (χ1) is 33.3. The number of allylic oxidation sites excluding steroid dienone is 2. The van der Waals surface area contributed by atoms with Gasteiger partial charge in [0.15, 0.2) is 17.3 Å². The smallest absolute Gasteiger partial charge is 0.160 e. The van der Waals surface area contributed by atoms with Crippen LogP contribution in [0.5, 0.6) is 11.5 Å². The summed E-state index contributed by atoms with van der Waals surface area (Å²) in [6, 6.07) is 17.9. The minimum Gasteiger partial charge on any atom is -0.504 e. The fourth-order valence-corrected chi connectivity index (χ4v) is 15.0. The number of benzene rings is 3. The summed E-state index contributed by atoms with van der Waals surface area (Å²) < 4.78 is 5.53. The summed E-state index contributed by atoms with van der Waals surface area (Å²) in [6.07, 6.45) is 4.97. The molecule has 0 amide bonds. The maximum absolute atomic E-state index is 14.7. The molecule has 12 heteroatoms. The Morgan fingerprint density at radius 3 is 2.55 bits per heavy atom. The highest BCUT2D eigenvalue weighted by molar-refractivity contribution is 5.89. The van der Waals surface area contributed by atoms with E-state index in [4.69, 9.17) is 10.5 Å². The first-order valence-electron chi connectivity index (χ1n) is 25.9. The number of rotatable bonds is 12. The van der Waals surface area contributed by atoms with E-state index in [0.29, 0.717) is 86.4 Å². The van der Waals surface area contributed by atoms with Gasteiger partial charge in [-0.15, -0.1) is 0 Å². The second-order valence-corrected chi connectivity index (χ2v) is 21.8. The van der Waals surface area contributed by atoms with Crippen LogP contribution in [0.3, 0.4) is 0 Å². The number of phenolic OH excluding ortho intramolecular Hbond substituents is 1. The summed E-state index contributed by atoms with van der Waals surface area (Å²) in [7, 11) is 1.48. The minimum absolute atomic E-state index is 0.0182. The number of fused-ring (bicyclic) bond motifs is 2. The monoisotopic (exact) mass is 941 g/mol. The van der Waals surface area contributed by atoms with Crippen molar-refractivity contribution in [1.82, 2.24) is 16.0 Å². The van der Waals surface area contributed by atoms with Gasteiger partial charge in [0, 0.05) is 43.7 Å². The Labute approximate surface area is 406 Å². The third-order valence-electron chi connectivity index (χ3n) is 18.2. The predicted molar refractivity (Wildman–Crippen MR) is 265 cm³/mol. The number of phenols is 1. The molecule has 16 atom stereocenters. The molecule has 3 aromatic rings. The Kier molecular flexibility index (Phi) is 13.8. The maximum Gasteiger partial charge on any atom is 0.160 e. The summed E-state index contributed by atoms with van der Waals surface area (Å²) in [6.45, 7) is 5.08. The summed E-state index contributed by atoms with van der Waals surface area (Å²) in [5, 5.41) is 72.5. The van der Waals surface area contributed by atoms with Crippen molar-refractivity contribution in [3.63, 3.8) is 0 Å².